The van der Waals surface area contributed by atoms with Crippen LogP contribution in [0.4, 0.5) is 0 Å². The number of aromatic amines is 1. The highest BCUT2D eigenvalue weighted by molar-refractivity contribution is 7.80. The second-order valence-electron chi connectivity index (χ2n) is 7.68. The van der Waals surface area contributed by atoms with Crippen LogP contribution >= 0.6 is 28.3 Å². The third kappa shape index (κ3) is 6.71. The smallest absolute Gasteiger partial charge is 0.388 e. The molecule has 8 N–H and O–H groups in total. The third-order valence-electron chi connectivity index (χ3n) is 5.16. The number of hydrogen-bond donors (Lipinski definition) is 9. The van der Waals surface area contributed by atoms with Crippen LogP contribution in [0.2, 0.25) is 0 Å². The highest BCUT2D eigenvalue weighted by Crippen LogP contribution is 2.61. The molecule has 18 nitrogen and oxygen atoms in total. The van der Waals surface area contributed by atoms with E-state index < -0.39 is 88.7 Å². The van der Waals surface area contributed by atoms with Gasteiger partial charge in [0, 0.05) is 18.0 Å². The number of hydrogen-bond acceptors (Lipinski definition) is 15. The van der Waals surface area contributed by atoms with E-state index in [0.717, 1.165) is 16.8 Å². The van der Waals surface area contributed by atoms with E-state index in [0.29, 0.717) is 0 Å². The first kappa shape index (κ1) is 29.6. The zero-order valence-corrected chi connectivity index (χ0v) is 20.5. The maximum atomic E-state index is 12.2. The molecule has 2 aliphatic rings. The summed E-state index contributed by atoms with van der Waals surface area (Å²) < 4.78 is 48.5. The van der Waals surface area contributed by atoms with E-state index in [1.807, 2.05) is 4.98 Å². The first-order valence-electron chi connectivity index (χ1n) is 9.99. The molecule has 21 heteroatoms. The fourth-order valence-corrected chi connectivity index (χ4v) is 5.81. The molecular formula is C15H24N2O16P2S. The van der Waals surface area contributed by atoms with Gasteiger partial charge in [0.1, 0.15) is 36.6 Å². The van der Waals surface area contributed by atoms with Crippen molar-refractivity contribution in [2.24, 2.45) is 0 Å². The summed E-state index contributed by atoms with van der Waals surface area (Å²) in [6.45, 7) is -1.00. The molecule has 2 fully saturated rings. The Morgan fingerprint density at radius 1 is 0.944 bits per heavy atom. The number of rotatable bonds is 9. The molecule has 0 aliphatic carbocycles. The Hall–Kier alpha value is -0.990. The van der Waals surface area contributed by atoms with E-state index in [9.17, 15) is 54.0 Å². The van der Waals surface area contributed by atoms with Crippen molar-refractivity contribution in [3.05, 3.63) is 33.1 Å². The Labute approximate surface area is 206 Å². The number of aliphatic hydroxyl groups is 5. The average molecular weight is 582 g/mol. The van der Waals surface area contributed by atoms with Crippen LogP contribution in [0.15, 0.2) is 21.9 Å². The van der Waals surface area contributed by atoms with Gasteiger partial charge in [0.2, 0.25) is 0 Å². The number of thiol groups is 1. The van der Waals surface area contributed by atoms with Crippen LogP contribution < -0.4 is 11.2 Å². The van der Waals surface area contributed by atoms with Crippen LogP contribution in [-0.2, 0) is 32.0 Å². The van der Waals surface area contributed by atoms with Crippen molar-refractivity contribution in [3.8, 4) is 0 Å². The summed E-state index contributed by atoms with van der Waals surface area (Å²) in [4.78, 5) is 44.6. The van der Waals surface area contributed by atoms with Crippen molar-refractivity contribution < 1.29 is 67.3 Å². The Balaban J connectivity index is 1.61. The lowest BCUT2D eigenvalue weighted by atomic mass is 10.0. The first-order valence-corrected chi connectivity index (χ1v) is 13.6. The van der Waals surface area contributed by atoms with Gasteiger partial charge in [-0.05, 0) is 0 Å². The highest BCUT2D eigenvalue weighted by Gasteiger charge is 2.49. The van der Waals surface area contributed by atoms with Gasteiger partial charge in [-0.3, -0.25) is 23.4 Å². The predicted octanol–water partition coefficient (Wildman–Crippen LogP) is -3.86. The third-order valence-corrected chi connectivity index (χ3v) is 8.12. The molecule has 0 amide bonds. The van der Waals surface area contributed by atoms with Gasteiger partial charge in [0.05, 0.1) is 12.7 Å². The molecule has 0 saturated carbocycles. The molecule has 3 rings (SSSR count). The van der Waals surface area contributed by atoms with Gasteiger partial charge >= 0.3 is 21.3 Å². The molecule has 1 aromatic rings. The second kappa shape index (κ2) is 11.4. The zero-order valence-electron chi connectivity index (χ0n) is 17.9. The molecule has 2 saturated heterocycles. The molecule has 0 spiro atoms. The minimum atomic E-state index is -5.54. The summed E-state index contributed by atoms with van der Waals surface area (Å²) in [6, 6.07) is 0.938. The van der Waals surface area contributed by atoms with E-state index in [1.165, 1.54) is 0 Å². The molecule has 0 bridgehead atoms. The topological polar surface area (TPSA) is 277 Å². The highest BCUT2D eigenvalue weighted by atomic mass is 32.1. The van der Waals surface area contributed by atoms with E-state index in [2.05, 4.69) is 26.0 Å². The molecule has 2 aliphatic heterocycles. The van der Waals surface area contributed by atoms with Gasteiger partial charge in [-0.25, -0.2) is 13.9 Å². The van der Waals surface area contributed by atoms with Gasteiger partial charge in [0.25, 0.3) is 5.56 Å². The van der Waals surface area contributed by atoms with E-state index in [-0.39, 0.29) is 5.75 Å². The summed E-state index contributed by atoms with van der Waals surface area (Å²) >= 11 is 3.85. The Kier molecular flexibility index (Phi) is 9.36. The van der Waals surface area contributed by atoms with Crippen molar-refractivity contribution in [1.29, 1.82) is 0 Å². The predicted molar refractivity (Wildman–Crippen MR) is 116 cm³/mol. The number of nitrogens with zero attached hydrogens (tertiary/aromatic N) is 1. The van der Waals surface area contributed by atoms with E-state index in [4.69, 9.17) is 9.47 Å². The number of phosphoric acid groups is 2. The number of phosphoric ester groups is 2. The van der Waals surface area contributed by atoms with E-state index >= 15 is 0 Å². The van der Waals surface area contributed by atoms with Crippen molar-refractivity contribution >= 4 is 28.3 Å². The molecular weight excluding hydrogens is 558 g/mol. The van der Waals surface area contributed by atoms with Gasteiger partial charge in [-0.1, -0.05) is 0 Å². The average Bonchev–Trinajstić information content (AvgIpc) is 3.06. The normalized spacial score (nSPS) is 38.4. The number of ether oxygens (including phenoxy) is 2. The van der Waals surface area contributed by atoms with Crippen LogP contribution in [0.3, 0.4) is 0 Å². The van der Waals surface area contributed by atoms with Gasteiger partial charge in [-0.15, -0.1) is 0 Å². The number of H-pyrrole nitrogens is 1. The van der Waals surface area contributed by atoms with Crippen LogP contribution in [0.1, 0.15) is 6.23 Å². The lowest BCUT2D eigenvalue weighted by Crippen LogP contribution is -2.58. The minimum Gasteiger partial charge on any atom is -0.388 e. The number of nitrogens with one attached hydrogen (secondary N) is 1. The molecule has 36 heavy (non-hydrogen) atoms. The minimum absolute atomic E-state index is 0.204. The van der Waals surface area contributed by atoms with Crippen LogP contribution in [-0.4, -0.2) is 106 Å². The molecule has 11 atom stereocenters. The molecule has 3 heterocycles. The van der Waals surface area contributed by atoms with Gasteiger partial charge in [-0.2, -0.15) is 16.9 Å². The Morgan fingerprint density at radius 2 is 1.58 bits per heavy atom. The molecule has 0 radical (unpaired) electrons. The van der Waals surface area contributed by atoms with Crippen LogP contribution in [0.5, 0.6) is 0 Å². The van der Waals surface area contributed by atoms with Gasteiger partial charge in [0.15, 0.2) is 12.5 Å². The first-order chi connectivity index (χ1) is 16.7. The van der Waals surface area contributed by atoms with Crippen molar-refractivity contribution in [1.82, 2.24) is 9.55 Å². The lowest BCUT2D eigenvalue weighted by molar-refractivity contribution is -0.270. The lowest BCUT2D eigenvalue weighted by Gasteiger charge is -2.39. The molecule has 1 aromatic heterocycles. The van der Waals surface area contributed by atoms with Crippen molar-refractivity contribution in [3.63, 3.8) is 0 Å². The Bertz CT molecular complexity index is 1130. The Morgan fingerprint density at radius 3 is 2.19 bits per heavy atom. The van der Waals surface area contributed by atoms with Gasteiger partial charge < -0.3 is 44.8 Å². The number of aliphatic hydroxyl groups excluding tert-OH is 5. The fraction of sp³-hybridized carbons (Fsp3) is 0.733. The SMILES string of the molecule is O=c1ccn(C2OC(COP(=O)(O)OP(=O)(O)OC3OC(CS)C(O)C(O)C3O)C(O)C2O)c(=O)[nH]1. The molecule has 0 aromatic carbocycles. The van der Waals surface area contributed by atoms with E-state index in [1.54, 1.807) is 0 Å². The van der Waals surface area contributed by atoms with Crippen molar-refractivity contribution in [2.75, 3.05) is 12.4 Å². The maximum absolute atomic E-state index is 12.2. The van der Waals surface area contributed by atoms with Crippen LogP contribution in [0.25, 0.3) is 0 Å². The standard InChI is InChI=1S/C15H24N2O16P2S/c18-7-1-2-17(15(24)16-7)13-11(22)8(19)5(30-13)3-29-34(25,26)33-35(27,28)32-14-12(23)10(21)9(20)6(4-36)31-14/h1-2,5-6,8-14,19-23,36H,3-4H2,(H,25,26)(H,27,28)(H,16,18,24). The monoisotopic (exact) mass is 582 g/mol. The maximum Gasteiger partial charge on any atom is 0.483 e. The fourth-order valence-electron chi connectivity index (χ4n) is 3.35. The number of aromatic nitrogens is 2. The summed E-state index contributed by atoms with van der Waals surface area (Å²) in [6.07, 6.45) is -14.5. The summed E-state index contributed by atoms with van der Waals surface area (Å²) in [5.74, 6) is -0.204. The quantitative estimate of drug-likeness (QED) is 0.0995. The van der Waals surface area contributed by atoms with Crippen molar-refractivity contribution in [2.45, 2.75) is 55.2 Å². The van der Waals surface area contributed by atoms with Crippen LogP contribution in [0, 0.1) is 0 Å². The summed E-state index contributed by atoms with van der Waals surface area (Å²) in [5.41, 5.74) is -1.73. The molecule has 206 valence electrons. The summed E-state index contributed by atoms with van der Waals surface area (Å²) in [7, 11) is -11.0. The summed E-state index contributed by atoms with van der Waals surface area (Å²) in [5, 5.41) is 49.7. The zero-order chi connectivity index (χ0) is 27.0. The molecule has 11 unspecified atom stereocenters. The second-order valence-corrected chi connectivity index (χ2v) is 11.0. The largest absolute Gasteiger partial charge is 0.483 e.